The largest absolute Gasteiger partial charge is 0.306 e. The predicted molar refractivity (Wildman–Crippen MR) is 72.3 cm³/mol. The molecule has 19 heavy (non-hydrogen) atoms. The molecule has 1 atom stereocenters. The van der Waals surface area contributed by atoms with Crippen molar-refractivity contribution in [3.8, 4) is 0 Å². The fourth-order valence-corrected chi connectivity index (χ4v) is 3.64. The van der Waals surface area contributed by atoms with Crippen LogP contribution in [0.2, 0.25) is 0 Å². The molecule has 4 nitrogen and oxygen atoms in total. The van der Waals surface area contributed by atoms with Crippen LogP contribution in [0.4, 0.5) is 0 Å². The number of hydrogen-bond acceptors (Lipinski definition) is 3. The van der Waals surface area contributed by atoms with Crippen molar-refractivity contribution < 1.29 is 10.0 Å². The van der Waals surface area contributed by atoms with Crippen molar-refractivity contribution in [3.63, 3.8) is 0 Å². The number of amides is 1. The number of fused-ring (bicyclic) bond motifs is 1. The van der Waals surface area contributed by atoms with Crippen LogP contribution in [0.25, 0.3) is 0 Å². The van der Waals surface area contributed by atoms with Gasteiger partial charge in [-0.05, 0) is 68.0 Å². The molecule has 3 rings (SSSR count). The van der Waals surface area contributed by atoms with E-state index in [1.54, 1.807) is 11.5 Å². The highest BCUT2D eigenvalue weighted by atomic mass is 16.5. The molecule has 2 aliphatic rings. The highest BCUT2D eigenvalue weighted by Crippen LogP contribution is 2.42. The number of carbonyl (C=O) groups is 1. The number of nitrogens with one attached hydrogen (secondary N) is 1. The van der Waals surface area contributed by atoms with Crippen LogP contribution in [-0.2, 0) is 12.8 Å². The van der Waals surface area contributed by atoms with Gasteiger partial charge in [-0.1, -0.05) is 6.07 Å². The third-order valence-electron chi connectivity index (χ3n) is 4.69. The zero-order valence-electron chi connectivity index (χ0n) is 11.3. The number of aryl methyl sites for hydroxylation is 1. The molecule has 1 fully saturated rings. The molecule has 1 saturated heterocycles. The third kappa shape index (κ3) is 2.26. The minimum Gasteiger partial charge on any atom is -0.306 e. The zero-order valence-corrected chi connectivity index (χ0v) is 11.3. The number of hydroxylamine groups is 1. The summed E-state index contributed by atoms with van der Waals surface area (Å²) >= 11 is 0. The molecule has 102 valence electrons. The molecule has 0 aromatic heterocycles. The van der Waals surface area contributed by atoms with Gasteiger partial charge in [0.05, 0.1) is 0 Å². The summed E-state index contributed by atoms with van der Waals surface area (Å²) in [6.07, 6.45) is 4.65. The van der Waals surface area contributed by atoms with E-state index in [2.05, 4.69) is 11.9 Å². The highest BCUT2D eigenvalue weighted by molar-refractivity contribution is 5.93. The minimum atomic E-state index is -0.425. The lowest BCUT2D eigenvalue weighted by Crippen LogP contribution is -2.32. The number of likely N-dealkylation sites (tertiary alicyclic amines) is 1. The molecule has 1 aromatic rings. The van der Waals surface area contributed by atoms with Gasteiger partial charge >= 0.3 is 0 Å². The lowest BCUT2D eigenvalue weighted by Gasteiger charge is -2.34. The lowest BCUT2D eigenvalue weighted by molar-refractivity contribution is 0.0706. The molecule has 1 aliphatic heterocycles. The van der Waals surface area contributed by atoms with E-state index in [-0.39, 0.29) is 0 Å². The first-order chi connectivity index (χ1) is 9.12. The Morgan fingerprint density at radius 2 is 2.21 bits per heavy atom. The number of nitrogens with zero attached hydrogens (tertiary/aromatic N) is 1. The summed E-state index contributed by atoms with van der Waals surface area (Å²) in [7, 11) is 2.18. The molecule has 1 aromatic carbocycles. The minimum absolute atomic E-state index is 0.399. The molecule has 0 radical (unpaired) electrons. The fraction of sp³-hybridized carbons (Fsp3) is 0.533. The Kier molecular flexibility index (Phi) is 3.07. The maximum atomic E-state index is 11.5. The van der Waals surface area contributed by atoms with Crippen LogP contribution >= 0.6 is 0 Å². The molecule has 1 spiro atoms. The second-order valence-corrected chi connectivity index (χ2v) is 6.09. The second-order valence-electron chi connectivity index (χ2n) is 6.09. The summed E-state index contributed by atoms with van der Waals surface area (Å²) in [5.74, 6) is -0.425. The summed E-state index contributed by atoms with van der Waals surface area (Å²) in [5.41, 5.74) is 5.29. The van der Waals surface area contributed by atoms with Gasteiger partial charge in [-0.3, -0.25) is 10.0 Å². The lowest BCUT2D eigenvalue weighted by atomic mass is 9.71. The Morgan fingerprint density at radius 1 is 1.37 bits per heavy atom. The molecule has 4 heteroatoms. The smallest absolute Gasteiger partial charge is 0.274 e. The Balaban J connectivity index is 1.88. The standard InChI is InChI=1S/C15H20N2O2/c1-17-7-6-15(10-17)5-4-11-2-3-12(14(18)16-19)8-13(11)9-15/h2-3,8,19H,4-7,9-10H2,1H3,(H,16,18)/t15-/m1/s1. The van der Waals surface area contributed by atoms with Crippen LogP contribution in [0.1, 0.15) is 34.3 Å². The van der Waals surface area contributed by atoms with Gasteiger partial charge in [0.15, 0.2) is 0 Å². The van der Waals surface area contributed by atoms with Crippen molar-refractivity contribution in [1.29, 1.82) is 0 Å². The van der Waals surface area contributed by atoms with Crippen molar-refractivity contribution in [2.24, 2.45) is 5.41 Å². The van der Waals surface area contributed by atoms with Crippen LogP contribution in [-0.4, -0.2) is 36.2 Å². The zero-order chi connectivity index (χ0) is 13.5. The van der Waals surface area contributed by atoms with Gasteiger partial charge in [0, 0.05) is 12.1 Å². The molecule has 0 bridgehead atoms. The average Bonchev–Trinajstić information content (AvgIpc) is 2.78. The Labute approximate surface area is 113 Å². The van der Waals surface area contributed by atoms with E-state index in [1.807, 2.05) is 12.1 Å². The second kappa shape index (κ2) is 4.62. The van der Waals surface area contributed by atoms with E-state index in [0.29, 0.717) is 11.0 Å². The van der Waals surface area contributed by atoms with E-state index in [0.717, 1.165) is 19.4 Å². The number of benzene rings is 1. The van der Waals surface area contributed by atoms with Crippen LogP contribution in [0.5, 0.6) is 0 Å². The average molecular weight is 260 g/mol. The van der Waals surface area contributed by atoms with E-state index in [4.69, 9.17) is 5.21 Å². The maximum absolute atomic E-state index is 11.5. The van der Waals surface area contributed by atoms with Gasteiger partial charge in [0.2, 0.25) is 0 Å². The maximum Gasteiger partial charge on any atom is 0.274 e. The van der Waals surface area contributed by atoms with Gasteiger partial charge < -0.3 is 4.90 Å². The van der Waals surface area contributed by atoms with Crippen molar-refractivity contribution in [2.45, 2.75) is 25.7 Å². The number of rotatable bonds is 1. The predicted octanol–water partition coefficient (Wildman–Crippen LogP) is 1.62. The van der Waals surface area contributed by atoms with Gasteiger partial charge in [-0.25, -0.2) is 5.48 Å². The fourth-order valence-electron chi connectivity index (χ4n) is 3.64. The van der Waals surface area contributed by atoms with Crippen LogP contribution in [0.15, 0.2) is 18.2 Å². The van der Waals surface area contributed by atoms with E-state index in [9.17, 15) is 4.79 Å². The topological polar surface area (TPSA) is 52.6 Å². The van der Waals surface area contributed by atoms with Gasteiger partial charge in [-0.2, -0.15) is 0 Å². The molecule has 0 unspecified atom stereocenters. The van der Waals surface area contributed by atoms with Crippen LogP contribution < -0.4 is 5.48 Å². The first-order valence-electron chi connectivity index (χ1n) is 6.87. The summed E-state index contributed by atoms with van der Waals surface area (Å²) in [6, 6.07) is 5.77. The Hall–Kier alpha value is -1.39. The van der Waals surface area contributed by atoms with E-state index >= 15 is 0 Å². The monoisotopic (exact) mass is 260 g/mol. The SMILES string of the molecule is CN1CC[C@@]2(CCc3ccc(C(=O)NO)cc3C2)C1. The summed E-state index contributed by atoms with van der Waals surface area (Å²) in [5, 5.41) is 8.73. The van der Waals surface area contributed by atoms with Crippen molar-refractivity contribution in [2.75, 3.05) is 20.1 Å². The van der Waals surface area contributed by atoms with Gasteiger partial charge in [-0.15, -0.1) is 0 Å². The molecule has 2 N–H and O–H groups in total. The van der Waals surface area contributed by atoms with E-state index < -0.39 is 5.91 Å². The molecule has 1 aliphatic carbocycles. The number of carbonyl (C=O) groups excluding carboxylic acids is 1. The van der Waals surface area contributed by atoms with Gasteiger partial charge in [0.25, 0.3) is 5.91 Å². The van der Waals surface area contributed by atoms with Crippen molar-refractivity contribution >= 4 is 5.91 Å². The summed E-state index contributed by atoms with van der Waals surface area (Å²) in [4.78, 5) is 13.9. The highest BCUT2D eigenvalue weighted by Gasteiger charge is 2.39. The first kappa shape index (κ1) is 12.6. The summed E-state index contributed by atoms with van der Waals surface area (Å²) in [6.45, 7) is 2.33. The molecule has 0 saturated carbocycles. The number of hydrogen-bond donors (Lipinski definition) is 2. The first-order valence-corrected chi connectivity index (χ1v) is 6.87. The Bertz CT molecular complexity index is 515. The van der Waals surface area contributed by atoms with Crippen LogP contribution in [0.3, 0.4) is 0 Å². The van der Waals surface area contributed by atoms with Crippen LogP contribution in [0, 0.1) is 5.41 Å². The van der Waals surface area contributed by atoms with Gasteiger partial charge in [0.1, 0.15) is 0 Å². The molecule has 1 heterocycles. The van der Waals surface area contributed by atoms with E-state index in [1.165, 1.54) is 30.5 Å². The normalized spacial score (nSPS) is 26.4. The summed E-state index contributed by atoms with van der Waals surface area (Å²) < 4.78 is 0. The van der Waals surface area contributed by atoms with Crippen molar-refractivity contribution in [3.05, 3.63) is 34.9 Å². The third-order valence-corrected chi connectivity index (χ3v) is 4.69. The molecular weight excluding hydrogens is 240 g/mol. The molecule has 1 amide bonds. The quantitative estimate of drug-likeness (QED) is 0.596. The molecular formula is C15H20N2O2. The van der Waals surface area contributed by atoms with Crippen molar-refractivity contribution in [1.82, 2.24) is 10.4 Å². The Morgan fingerprint density at radius 3 is 2.89 bits per heavy atom.